The highest BCUT2D eigenvalue weighted by Crippen LogP contribution is 2.47. The molecule has 2 aliphatic rings. The quantitative estimate of drug-likeness (QED) is 0.362. The van der Waals surface area contributed by atoms with Gasteiger partial charge in [0.05, 0.1) is 17.6 Å². The van der Waals surface area contributed by atoms with Gasteiger partial charge in [-0.3, -0.25) is 9.59 Å². The number of para-hydroxylation sites is 2. The van der Waals surface area contributed by atoms with Crippen LogP contribution >= 0.6 is 0 Å². The van der Waals surface area contributed by atoms with Crippen LogP contribution in [0.15, 0.2) is 95.4 Å². The van der Waals surface area contributed by atoms with Gasteiger partial charge in [0, 0.05) is 17.3 Å². The number of aromatic amines is 1. The van der Waals surface area contributed by atoms with E-state index < -0.39 is 5.91 Å². The van der Waals surface area contributed by atoms with Crippen LogP contribution in [0, 0.1) is 0 Å². The molecule has 0 atom stereocenters. The molecule has 184 valence electrons. The molecule has 2 heterocycles. The molecule has 0 spiro atoms. The number of primary amides is 1. The predicted molar refractivity (Wildman–Crippen MR) is 140 cm³/mol. The van der Waals surface area contributed by atoms with Crippen molar-refractivity contribution in [2.45, 2.75) is 24.8 Å². The molecule has 37 heavy (non-hydrogen) atoms. The van der Waals surface area contributed by atoms with Crippen molar-refractivity contribution in [2.24, 2.45) is 10.7 Å². The number of fused-ring (bicyclic) bond motifs is 1. The zero-order valence-electron chi connectivity index (χ0n) is 20.1. The molecule has 4 aromatic rings. The van der Waals surface area contributed by atoms with E-state index in [9.17, 15) is 9.59 Å². The molecule has 0 unspecified atom stereocenters. The average Bonchev–Trinajstić information content (AvgIpc) is 3.56. The van der Waals surface area contributed by atoms with Crippen molar-refractivity contribution in [1.29, 1.82) is 0 Å². The molecule has 1 fully saturated rings. The minimum Gasteiger partial charge on any atom is -0.437 e. The lowest BCUT2D eigenvalue weighted by Gasteiger charge is -2.36. The van der Waals surface area contributed by atoms with Gasteiger partial charge in [0.1, 0.15) is 5.75 Å². The molecule has 1 amide bonds. The van der Waals surface area contributed by atoms with Crippen LogP contribution in [0.2, 0.25) is 0 Å². The molecule has 1 aliphatic carbocycles. The van der Waals surface area contributed by atoms with Crippen molar-refractivity contribution >= 4 is 28.9 Å². The molecule has 3 N–H and O–H groups in total. The van der Waals surface area contributed by atoms with Crippen molar-refractivity contribution in [3.8, 4) is 5.75 Å². The van der Waals surface area contributed by atoms with Crippen molar-refractivity contribution in [3.63, 3.8) is 0 Å². The Morgan fingerprint density at radius 3 is 2.41 bits per heavy atom. The van der Waals surface area contributed by atoms with Gasteiger partial charge >= 0.3 is 0 Å². The molecule has 1 aliphatic heterocycles. The van der Waals surface area contributed by atoms with Gasteiger partial charge in [-0.15, -0.1) is 0 Å². The smallest absolute Gasteiger partial charge is 0.270 e. The number of carbonyl (C=O) groups is 2. The van der Waals surface area contributed by atoms with Crippen molar-refractivity contribution in [3.05, 3.63) is 107 Å². The Morgan fingerprint density at radius 1 is 0.973 bits per heavy atom. The second-order valence-corrected chi connectivity index (χ2v) is 9.39. The van der Waals surface area contributed by atoms with Crippen LogP contribution in [-0.4, -0.2) is 44.9 Å². The molecular weight excluding hydrogens is 466 g/mol. The third-order valence-corrected chi connectivity index (χ3v) is 6.89. The van der Waals surface area contributed by atoms with Gasteiger partial charge < -0.3 is 20.4 Å². The average molecular weight is 492 g/mol. The fraction of sp³-hybridized carbons (Fsp3) is 0.172. The number of imidazole rings is 1. The summed E-state index contributed by atoms with van der Waals surface area (Å²) in [5, 5.41) is 0. The maximum Gasteiger partial charge on any atom is 0.270 e. The van der Waals surface area contributed by atoms with Crippen LogP contribution in [0.25, 0.3) is 11.0 Å². The molecule has 8 heteroatoms. The molecule has 1 aromatic heterocycles. The second-order valence-electron chi connectivity index (χ2n) is 9.39. The zero-order chi connectivity index (χ0) is 25.4. The third kappa shape index (κ3) is 4.38. The Hall–Kier alpha value is -4.72. The summed E-state index contributed by atoms with van der Waals surface area (Å²) in [5.41, 5.74) is 9.13. The Labute approximate surface area is 213 Å². The maximum absolute atomic E-state index is 12.9. The number of benzene rings is 3. The Kier molecular flexibility index (Phi) is 5.56. The van der Waals surface area contributed by atoms with E-state index >= 15 is 0 Å². The highest BCUT2D eigenvalue weighted by Gasteiger charge is 2.50. The Balaban J connectivity index is 1.23. The van der Waals surface area contributed by atoms with Gasteiger partial charge in [-0.25, -0.2) is 9.98 Å². The Bertz CT molecular complexity index is 1520. The number of nitrogens with zero attached hydrogens (tertiary/aromatic N) is 3. The number of rotatable bonds is 8. The lowest BCUT2D eigenvalue weighted by atomic mass is 10.0. The van der Waals surface area contributed by atoms with Crippen LogP contribution in [0.5, 0.6) is 5.75 Å². The van der Waals surface area contributed by atoms with E-state index in [1.54, 1.807) is 30.5 Å². The molecule has 1 saturated carbocycles. The summed E-state index contributed by atoms with van der Waals surface area (Å²) in [4.78, 5) is 39.3. The minimum atomic E-state index is -0.581. The molecular formula is C29H25N5O3. The summed E-state index contributed by atoms with van der Waals surface area (Å²) in [6, 6.07) is 24.4. The van der Waals surface area contributed by atoms with Crippen LogP contribution in [0.3, 0.4) is 0 Å². The van der Waals surface area contributed by atoms with Crippen molar-refractivity contribution in [1.82, 2.24) is 14.9 Å². The van der Waals surface area contributed by atoms with E-state index in [2.05, 4.69) is 27.1 Å². The van der Waals surface area contributed by atoms with Gasteiger partial charge in [0.2, 0.25) is 11.7 Å². The largest absolute Gasteiger partial charge is 0.437 e. The van der Waals surface area contributed by atoms with Crippen LogP contribution in [0.4, 0.5) is 0 Å². The number of amides is 1. The van der Waals surface area contributed by atoms with Gasteiger partial charge in [0.25, 0.3) is 5.91 Å². The van der Waals surface area contributed by atoms with Gasteiger partial charge in [0.15, 0.2) is 11.5 Å². The second kappa shape index (κ2) is 9.05. The van der Waals surface area contributed by atoms with Crippen LogP contribution in [-0.2, 0) is 11.2 Å². The lowest BCUT2D eigenvalue weighted by Crippen LogP contribution is -2.46. The summed E-state index contributed by atoms with van der Waals surface area (Å²) in [5.74, 6) is 0.0756. The first-order valence-corrected chi connectivity index (χ1v) is 12.2. The highest BCUT2D eigenvalue weighted by atomic mass is 16.5. The maximum atomic E-state index is 12.9. The molecule has 0 saturated heterocycles. The number of nitrogens with two attached hydrogens (primary N) is 1. The van der Waals surface area contributed by atoms with E-state index in [-0.39, 0.29) is 28.7 Å². The summed E-state index contributed by atoms with van der Waals surface area (Å²) >= 11 is 0. The van der Waals surface area contributed by atoms with Crippen molar-refractivity contribution in [2.75, 3.05) is 6.54 Å². The van der Waals surface area contributed by atoms with Crippen LogP contribution in [0.1, 0.15) is 34.6 Å². The number of aromatic nitrogens is 2. The van der Waals surface area contributed by atoms with Crippen LogP contribution < -0.4 is 10.5 Å². The number of ether oxygens (including phenoxy) is 1. The van der Waals surface area contributed by atoms with E-state index in [0.29, 0.717) is 17.9 Å². The lowest BCUT2D eigenvalue weighted by molar-refractivity contribution is -0.116. The summed E-state index contributed by atoms with van der Waals surface area (Å²) in [7, 11) is 0. The Morgan fingerprint density at radius 2 is 1.70 bits per heavy atom. The summed E-state index contributed by atoms with van der Waals surface area (Å²) in [6.07, 6.45) is 4.47. The van der Waals surface area contributed by atoms with Crippen molar-refractivity contribution < 1.29 is 14.3 Å². The van der Waals surface area contributed by atoms with Gasteiger partial charge in [-0.05, 0) is 61.2 Å². The van der Waals surface area contributed by atoms with E-state index in [4.69, 9.17) is 10.5 Å². The van der Waals surface area contributed by atoms with Gasteiger partial charge in [-0.1, -0.05) is 42.5 Å². The molecule has 8 nitrogen and oxygen atoms in total. The summed E-state index contributed by atoms with van der Waals surface area (Å²) < 4.78 is 6.03. The highest BCUT2D eigenvalue weighted by molar-refractivity contribution is 6.08. The molecule has 0 radical (unpaired) electrons. The number of H-pyrrole nitrogens is 1. The summed E-state index contributed by atoms with van der Waals surface area (Å²) in [6.45, 7) is 0.489. The van der Waals surface area contributed by atoms with E-state index in [1.165, 1.54) is 5.56 Å². The number of hydrogen-bond acceptors (Lipinski definition) is 6. The number of ketones is 1. The first-order valence-electron chi connectivity index (χ1n) is 12.2. The minimum absolute atomic E-state index is 0.162. The van der Waals surface area contributed by atoms with Gasteiger partial charge in [-0.2, -0.15) is 0 Å². The topological polar surface area (TPSA) is 114 Å². The number of hydrogen-bond donors (Lipinski definition) is 2. The third-order valence-electron chi connectivity index (χ3n) is 6.89. The molecule has 3 aromatic carbocycles. The number of carbonyl (C=O) groups excluding carboxylic acids is 2. The number of nitrogens with one attached hydrogen (secondary N) is 1. The fourth-order valence-corrected chi connectivity index (χ4v) is 4.86. The first kappa shape index (κ1) is 22.7. The van der Waals surface area contributed by atoms with E-state index in [0.717, 1.165) is 30.3 Å². The SMILES string of the molecule is NC(=O)C1=C(Oc2ccc(C(=O)c3nc4ccccc4[nH]3)cc2)N=CCN1C1(Cc2ccccc2)CC1. The fourth-order valence-electron chi connectivity index (χ4n) is 4.86. The first-order chi connectivity index (χ1) is 18.0. The standard InChI is InChI=1S/C29H25N5O3/c30-26(36)24-28(31-16-17-34(24)29(14-15-29)18-19-6-2-1-3-7-19)37-21-12-10-20(11-13-21)25(35)27-32-22-8-4-5-9-23(22)33-27/h1-13,16H,14-15,17-18H2,(H2,30,36)(H,32,33). The monoisotopic (exact) mass is 491 g/mol. The predicted octanol–water partition coefficient (Wildman–Crippen LogP) is 3.99. The zero-order valence-corrected chi connectivity index (χ0v) is 20.1. The van der Waals surface area contributed by atoms with E-state index in [1.807, 2.05) is 47.4 Å². The molecule has 0 bridgehead atoms. The normalized spacial score (nSPS) is 16.2. The number of aliphatic imine (C=N–C) groups is 1. The molecule has 6 rings (SSSR count).